The van der Waals surface area contributed by atoms with Gasteiger partial charge in [0, 0.05) is 12.8 Å². The number of carbonyl (C=O) groups excluding carboxylic acids is 4. The van der Waals surface area contributed by atoms with Crippen molar-refractivity contribution in [3.05, 3.63) is 105 Å². The molecular formula is C45H60O10. The van der Waals surface area contributed by atoms with Crippen molar-refractivity contribution < 1.29 is 48.3 Å². The van der Waals surface area contributed by atoms with Crippen LogP contribution >= 0.6 is 0 Å². The third-order valence-electron chi connectivity index (χ3n) is 9.01. The number of esters is 2. The average Bonchev–Trinajstić information content (AvgIpc) is 3.37. The Morgan fingerprint density at radius 2 is 1.04 bits per heavy atom. The second-order valence-electron chi connectivity index (χ2n) is 14.5. The van der Waals surface area contributed by atoms with Crippen LogP contribution in [0.3, 0.4) is 0 Å². The number of hydrogen-bond acceptors (Lipinski definition) is 10. The van der Waals surface area contributed by atoms with Crippen LogP contribution in [0.5, 0.6) is 0 Å². The van der Waals surface area contributed by atoms with E-state index in [0.717, 1.165) is 27.8 Å². The molecule has 0 amide bonds. The molecule has 0 spiro atoms. The molecule has 55 heavy (non-hydrogen) atoms. The SMILES string of the molecule is C.C.Cc1cc(C)c2c(c1)C=CC[C@@H]1OC(C)(C)O[C@@H]1C(=O)/C=C\C[C@H](C)OC2=O.Cc1cc(C)c2c(c1)C=CC[C@H](O)[C@H](O)C(=O)/C=C\C[C@H](C)OC2=O. The van der Waals surface area contributed by atoms with Gasteiger partial charge in [0.05, 0.1) is 23.3 Å². The zero-order chi connectivity index (χ0) is 39.0. The number of rotatable bonds is 0. The van der Waals surface area contributed by atoms with Crippen LogP contribution in [0.4, 0.5) is 0 Å². The minimum absolute atomic E-state index is 0. The van der Waals surface area contributed by atoms with Gasteiger partial charge in [-0.2, -0.15) is 0 Å². The summed E-state index contributed by atoms with van der Waals surface area (Å²) in [6, 6.07) is 7.73. The van der Waals surface area contributed by atoms with Gasteiger partial charge < -0.3 is 29.2 Å². The Hall–Kier alpha value is -4.48. The molecule has 300 valence electrons. The van der Waals surface area contributed by atoms with E-state index in [1.807, 2.05) is 84.9 Å². The van der Waals surface area contributed by atoms with Crippen LogP contribution in [-0.4, -0.2) is 76.1 Å². The molecule has 0 unspecified atom stereocenters. The van der Waals surface area contributed by atoms with Crippen molar-refractivity contribution in [2.24, 2.45) is 0 Å². The lowest BCUT2D eigenvalue weighted by Crippen LogP contribution is -2.32. The molecule has 1 saturated heterocycles. The number of aryl methyl sites for hydroxylation is 4. The number of hydrogen-bond donors (Lipinski definition) is 2. The third kappa shape index (κ3) is 12.8. The standard InChI is InChI=1S/C23H28O5.C20H24O5.2CH4/c1-14-12-15(2)20-17(13-14)9-7-11-19-21(28-23(4,5)27-19)18(24)10-6-8-16(3)26-22(20)25;1-12-10-13(2)18-15(11-12)7-5-9-17(22)19(23)16(21)8-4-6-14(3)25-20(18)24;;/h6-7,9-10,12-13,16,19,21H,8,11H2,1-5H3;4-5,7-8,10-11,14,17,19,22-23H,6,9H2,1-3H3;2*1H4/b9-7?,10-6-;7-5?,8-4-;;/t16-,19-,21+;14-,17-,19+;;/m00../s1. The van der Waals surface area contributed by atoms with Crippen LogP contribution in [0.25, 0.3) is 12.2 Å². The molecule has 1 fully saturated rings. The van der Waals surface area contributed by atoms with E-state index >= 15 is 0 Å². The third-order valence-corrected chi connectivity index (χ3v) is 9.01. The van der Waals surface area contributed by atoms with E-state index in [1.165, 1.54) is 12.2 Å². The van der Waals surface area contributed by atoms with Gasteiger partial charge in [-0.1, -0.05) is 86.7 Å². The van der Waals surface area contributed by atoms with Gasteiger partial charge in [0.1, 0.15) is 24.4 Å². The molecule has 10 nitrogen and oxygen atoms in total. The second kappa shape index (κ2) is 20.4. The Balaban J connectivity index is 0.000000369. The highest BCUT2D eigenvalue weighted by atomic mass is 16.8. The number of carbonyl (C=O) groups is 4. The molecule has 0 aliphatic carbocycles. The van der Waals surface area contributed by atoms with Gasteiger partial charge in [-0.15, -0.1) is 0 Å². The van der Waals surface area contributed by atoms with Gasteiger partial charge in [-0.05, 0) is 103 Å². The molecule has 0 radical (unpaired) electrons. The largest absolute Gasteiger partial charge is 0.459 e. The van der Waals surface area contributed by atoms with Gasteiger partial charge in [0.25, 0.3) is 0 Å². The number of cyclic esters (lactones) is 2. The first-order chi connectivity index (χ1) is 25.0. The monoisotopic (exact) mass is 760 g/mol. The topological polar surface area (TPSA) is 146 Å². The zero-order valence-corrected chi connectivity index (χ0v) is 31.9. The Labute approximate surface area is 326 Å². The zero-order valence-electron chi connectivity index (χ0n) is 31.9. The van der Waals surface area contributed by atoms with Gasteiger partial charge in [-0.3, -0.25) is 9.59 Å². The van der Waals surface area contributed by atoms with Gasteiger partial charge in [0.2, 0.25) is 0 Å². The first-order valence-electron chi connectivity index (χ1n) is 18.1. The lowest BCUT2D eigenvalue weighted by atomic mass is 9.97. The molecule has 6 atom stereocenters. The predicted octanol–water partition coefficient (Wildman–Crippen LogP) is 8.08. The fourth-order valence-electron chi connectivity index (χ4n) is 6.58. The second-order valence-corrected chi connectivity index (χ2v) is 14.5. The molecule has 3 aliphatic rings. The van der Waals surface area contributed by atoms with E-state index < -0.39 is 42.0 Å². The summed E-state index contributed by atoms with van der Waals surface area (Å²) in [5.74, 6) is -2.27. The number of ether oxygens (including phenoxy) is 4. The van der Waals surface area contributed by atoms with Crippen LogP contribution in [-0.2, 0) is 28.5 Å². The maximum atomic E-state index is 12.8. The van der Waals surface area contributed by atoms with Crippen molar-refractivity contribution >= 4 is 35.7 Å². The summed E-state index contributed by atoms with van der Waals surface area (Å²) in [6.07, 6.45) is 10.1. The summed E-state index contributed by atoms with van der Waals surface area (Å²) in [6.45, 7) is 14.9. The van der Waals surface area contributed by atoms with Gasteiger partial charge >= 0.3 is 11.9 Å². The quantitative estimate of drug-likeness (QED) is 0.253. The van der Waals surface area contributed by atoms with Crippen LogP contribution in [0.15, 0.2) is 60.7 Å². The Morgan fingerprint density at radius 3 is 1.53 bits per heavy atom. The van der Waals surface area contributed by atoms with Gasteiger partial charge in [0.15, 0.2) is 17.4 Å². The molecule has 2 aromatic carbocycles. The average molecular weight is 761 g/mol. The summed E-state index contributed by atoms with van der Waals surface area (Å²) < 4.78 is 22.9. The van der Waals surface area contributed by atoms with E-state index in [9.17, 15) is 29.4 Å². The molecule has 0 aromatic heterocycles. The lowest BCUT2D eigenvalue weighted by Gasteiger charge is -2.17. The van der Waals surface area contributed by atoms with Crippen LogP contribution in [0, 0.1) is 27.7 Å². The normalized spacial score (nSPS) is 26.7. The summed E-state index contributed by atoms with van der Waals surface area (Å²) in [4.78, 5) is 49.7. The number of aliphatic hydroxyl groups excluding tert-OH is 2. The van der Waals surface area contributed by atoms with Gasteiger partial charge in [-0.25, -0.2) is 9.59 Å². The number of fused-ring (bicyclic) bond motifs is 3. The molecule has 0 bridgehead atoms. The van der Waals surface area contributed by atoms with Crippen molar-refractivity contribution in [1.29, 1.82) is 0 Å². The maximum Gasteiger partial charge on any atom is 0.339 e. The van der Waals surface area contributed by atoms with Crippen molar-refractivity contribution in [3.63, 3.8) is 0 Å². The highest BCUT2D eigenvalue weighted by Crippen LogP contribution is 2.32. The molecule has 10 heteroatoms. The van der Waals surface area contributed by atoms with Crippen molar-refractivity contribution in [2.45, 2.75) is 138 Å². The van der Waals surface area contributed by atoms with E-state index in [0.29, 0.717) is 36.0 Å². The van der Waals surface area contributed by atoms with Crippen molar-refractivity contribution in [1.82, 2.24) is 0 Å². The smallest absolute Gasteiger partial charge is 0.339 e. The summed E-state index contributed by atoms with van der Waals surface area (Å²) >= 11 is 0. The first-order valence-corrected chi connectivity index (χ1v) is 18.1. The summed E-state index contributed by atoms with van der Waals surface area (Å²) in [7, 11) is 0. The molecule has 0 saturated carbocycles. The minimum Gasteiger partial charge on any atom is -0.459 e. The summed E-state index contributed by atoms with van der Waals surface area (Å²) in [5, 5.41) is 19.8. The highest BCUT2D eigenvalue weighted by Gasteiger charge is 2.43. The van der Waals surface area contributed by atoms with Crippen molar-refractivity contribution in [2.75, 3.05) is 0 Å². The lowest BCUT2D eigenvalue weighted by molar-refractivity contribution is -0.152. The van der Waals surface area contributed by atoms with E-state index in [1.54, 1.807) is 31.2 Å². The molecule has 5 rings (SSSR count). The Kier molecular flexibility index (Phi) is 17.3. The predicted molar refractivity (Wildman–Crippen MR) is 216 cm³/mol. The van der Waals surface area contributed by atoms with E-state index in [-0.39, 0.29) is 45.2 Å². The molecule has 3 heterocycles. The molecule has 3 aliphatic heterocycles. The first kappa shape index (κ1) is 46.7. The maximum absolute atomic E-state index is 12.8. The number of ketones is 2. The fraction of sp³-hybridized carbons (Fsp3) is 0.467. The number of aliphatic hydroxyl groups is 2. The highest BCUT2D eigenvalue weighted by molar-refractivity contribution is 5.97. The van der Waals surface area contributed by atoms with Crippen LogP contribution in [0.1, 0.15) is 122 Å². The fourth-order valence-corrected chi connectivity index (χ4v) is 6.58. The molecule has 2 aromatic rings. The Morgan fingerprint density at radius 1 is 0.600 bits per heavy atom. The van der Waals surface area contributed by atoms with E-state index in [4.69, 9.17) is 18.9 Å². The molecular weight excluding hydrogens is 700 g/mol. The minimum atomic E-state index is -1.47. The number of benzene rings is 2. The van der Waals surface area contributed by atoms with Crippen molar-refractivity contribution in [3.8, 4) is 0 Å². The van der Waals surface area contributed by atoms with Crippen LogP contribution in [0.2, 0.25) is 0 Å². The molecule has 2 N–H and O–H groups in total. The van der Waals surface area contributed by atoms with Crippen LogP contribution < -0.4 is 0 Å². The van der Waals surface area contributed by atoms with E-state index in [2.05, 4.69) is 0 Å². The summed E-state index contributed by atoms with van der Waals surface area (Å²) in [5.41, 5.74) is 6.33. The Bertz CT molecular complexity index is 1810.